The second-order valence-corrected chi connectivity index (χ2v) is 10.0. The number of fused-ring (bicyclic) bond motifs is 1. The number of aromatic nitrogens is 5. The highest BCUT2D eigenvalue weighted by atomic mass is 32.1. The van der Waals surface area contributed by atoms with Gasteiger partial charge in [-0.25, -0.2) is 4.52 Å². The van der Waals surface area contributed by atoms with Crippen LogP contribution in [-0.2, 0) is 16.6 Å². The molecule has 0 spiro atoms. The summed E-state index contributed by atoms with van der Waals surface area (Å²) in [6.45, 7) is 8.07. The zero-order valence-corrected chi connectivity index (χ0v) is 21.4. The predicted molar refractivity (Wildman–Crippen MR) is 137 cm³/mol. The number of ether oxygens (including phenoxy) is 1. The smallest absolute Gasteiger partial charge is 0.260 e. The normalized spacial score (nSPS) is 16.4. The Morgan fingerprint density at radius 3 is 2.78 bits per heavy atom. The van der Waals surface area contributed by atoms with E-state index in [1.165, 1.54) is 11.3 Å². The minimum absolute atomic E-state index is 0.109. The third-order valence-electron chi connectivity index (χ3n) is 6.03. The number of rotatable bonds is 6. The van der Waals surface area contributed by atoms with Gasteiger partial charge in [-0.1, -0.05) is 0 Å². The molecule has 5 heterocycles. The van der Waals surface area contributed by atoms with Gasteiger partial charge in [0.25, 0.3) is 5.91 Å². The molecule has 2 amide bonds. The van der Waals surface area contributed by atoms with E-state index in [-0.39, 0.29) is 24.5 Å². The van der Waals surface area contributed by atoms with Crippen molar-refractivity contribution in [3.63, 3.8) is 0 Å². The molecule has 4 aromatic rings. The van der Waals surface area contributed by atoms with Crippen molar-refractivity contribution >= 4 is 39.4 Å². The molecule has 1 unspecified atom stereocenters. The van der Waals surface area contributed by atoms with Crippen LogP contribution in [0.3, 0.4) is 0 Å². The van der Waals surface area contributed by atoms with E-state index in [1.54, 1.807) is 34.6 Å². The number of hydrogen-bond acceptors (Lipinski definition) is 8. The number of pyridine rings is 1. The van der Waals surface area contributed by atoms with Gasteiger partial charge < -0.3 is 15.4 Å². The van der Waals surface area contributed by atoms with Gasteiger partial charge in [-0.15, -0.1) is 11.3 Å². The molecule has 0 aromatic carbocycles. The third kappa shape index (κ3) is 5.01. The number of amides is 2. The summed E-state index contributed by atoms with van der Waals surface area (Å²) in [5.74, 6) is -0.431. The Kier molecular flexibility index (Phi) is 6.56. The maximum Gasteiger partial charge on any atom is 0.260 e. The van der Waals surface area contributed by atoms with Gasteiger partial charge in [0.05, 0.1) is 64.9 Å². The van der Waals surface area contributed by atoms with Crippen molar-refractivity contribution in [1.29, 1.82) is 0 Å². The standard InChI is InChI=1S/C24H28N8O3S/c1-14-10-31(5-6-35-14)13-22(33)27-17-7-20(16(3)25-8-17)28-23(34)18-9-26-32-12-21(36-24(18)32)19-11-30(4)29-15(19)2/h7-9,11-12,14H,5-6,10,13H2,1-4H3,(H,27,33)(H,28,34). The number of carbonyl (C=O) groups excluding carboxylic acids is 2. The molecule has 0 saturated carbocycles. The molecular formula is C24H28N8O3S. The number of thiazole rings is 1. The number of carbonyl (C=O) groups is 2. The molecular weight excluding hydrogens is 480 g/mol. The maximum absolute atomic E-state index is 13.2. The van der Waals surface area contributed by atoms with Crippen LogP contribution in [0.25, 0.3) is 15.3 Å². The summed E-state index contributed by atoms with van der Waals surface area (Å²) in [6.07, 6.45) is 7.11. The maximum atomic E-state index is 13.2. The molecule has 2 N–H and O–H groups in total. The van der Waals surface area contributed by atoms with E-state index in [9.17, 15) is 9.59 Å². The molecule has 1 aliphatic rings. The molecule has 0 bridgehead atoms. The van der Waals surface area contributed by atoms with Crippen LogP contribution in [-0.4, -0.2) is 73.4 Å². The van der Waals surface area contributed by atoms with E-state index in [2.05, 4.69) is 30.7 Å². The quantitative estimate of drug-likeness (QED) is 0.411. The number of hydrogen-bond donors (Lipinski definition) is 2. The van der Waals surface area contributed by atoms with Crippen molar-refractivity contribution in [2.75, 3.05) is 36.9 Å². The number of aryl methyl sites for hydroxylation is 3. The molecule has 4 aromatic heterocycles. The zero-order valence-electron chi connectivity index (χ0n) is 20.6. The second-order valence-electron chi connectivity index (χ2n) is 8.98. The SMILES string of the molecule is Cc1ncc(NC(=O)CN2CCOC(C)C2)cc1NC(=O)c1cnn2cc(-c3cn(C)nc3C)sc12. The van der Waals surface area contributed by atoms with E-state index in [0.29, 0.717) is 35.8 Å². The fourth-order valence-corrected chi connectivity index (χ4v) is 5.38. The first-order valence-corrected chi connectivity index (χ1v) is 12.5. The Bertz CT molecular complexity index is 1440. The average molecular weight is 509 g/mol. The van der Waals surface area contributed by atoms with Crippen LogP contribution >= 0.6 is 11.3 Å². The van der Waals surface area contributed by atoms with Gasteiger partial charge in [0, 0.05) is 38.1 Å². The Hall–Kier alpha value is -3.61. The van der Waals surface area contributed by atoms with Gasteiger partial charge in [0.2, 0.25) is 5.91 Å². The molecule has 1 atom stereocenters. The van der Waals surface area contributed by atoms with Crippen molar-refractivity contribution in [3.8, 4) is 10.4 Å². The van der Waals surface area contributed by atoms with Crippen LogP contribution in [0, 0.1) is 13.8 Å². The van der Waals surface area contributed by atoms with Crippen LogP contribution in [0.1, 0.15) is 28.7 Å². The highest BCUT2D eigenvalue weighted by molar-refractivity contribution is 7.21. The first kappa shape index (κ1) is 24.1. The first-order valence-electron chi connectivity index (χ1n) is 11.7. The number of nitrogens with zero attached hydrogens (tertiary/aromatic N) is 6. The van der Waals surface area contributed by atoms with Crippen molar-refractivity contribution in [3.05, 3.63) is 47.8 Å². The number of anilines is 2. The number of nitrogens with one attached hydrogen (secondary N) is 2. The van der Waals surface area contributed by atoms with Crippen molar-refractivity contribution in [2.24, 2.45) is 7.05 Å². The molecule has 0 radical (unpaired) electrons. The van der Waals surface area contributed by atoms with Crippen LogP contribution in [0.5, 0.6) is 0 Å². The lowest BCUT2D eigenvalue weighted by atomic mass is 10.2. The molecule has 36 heavy (non-hydrogen) atoms. The molecule has 5 rings (SSSR count). The lowest BCUT2D eigenvalue weighted by Crippen LogP contribution is -2.44. The molecule has 12 heteroatoms. The minimum Gasteiger partial charge on any atom is -0.376 e. The summed E-state index contributed by atoms with van der Waals surface area (Å²) >= 11 is 1.48. The molecule has 11 nitrogen and oxygen atoms in total. The highest BCUT2D eigenvalue weighted by Crippen LogP contribution is 2.32. The zero-order chi connectivity index (χ0) is 25.4. The number of morpholine rings is 1. The Balaban J connectivity index is 1.30. The third-order valence-corrected chi connectivity index (χ3v) is 7.18. The van der Waals surface area contributed by atoms with Gasteiger partial charge >= 0.3 is 0 Å². The van der Waals surface area contributed by atoms with Crippen molar-refractivity contribution in [2.45, 2.75) is 26.9 Å². The van der Waals surface area contributed by atoms with Crippen LogP contribution < -0.4 is 10.6 Å². The van der Waals surface area contributed by atoms with Crippen LogP contribution in [0.2, 0.25) is 0 Å². The van der Waals surface area contributed by atoms with E-state index in [1.807, 2.05) is 33.3 Å². The molecule has 1 saturated heterocycles. The van der Waals surface area contributed by atoms with Gasteiger partial charge in [0.15, 0.2) is 0 Å². The van der Waals surface area contributed by atoms with E-state index in [0.717, 1.165) is 27.5 Å². The summed E-state index contributed by atoms with van der Waals surface area (Å²) in [6, 6.07) is 1.72. The van der Waals surface area contributed by atoms with Gasteiger partial charge in [-0.3, -0.25) is 24.2 Å². The Morgan fingerprint density at radius 2 is 2.03 bits per heavy atom. The Labute approximate surface area is 212 Å². The lowest BCUT2D eigenvalue weighted by Gasteiger charge is -2.30. The lowest BCUT2D eigenvalue weighted by molar-refractivity contribution is -0.119. The van der Waals surface area contributed by atoms with E-state index < -0.39 is 0 Å². The first-order chi connectivity index (χ1) is 17.3. The monoisotopic (exact) mass is 508 g/mol. The van der Waals surface area contributed by atoms with Crippen LogP contribution in [0.15, 0.2) is 30.9 Å². The van der Waals surface area contributed by atoms with Crippen LogP contribution in [0.4, 0.5) is 11.4 Å². The summed E-state index contributed by atoms with van der Waals surface area (Å²) in [7, 11) is 1.88. The molecule has 188 valence electrons. The largest absolute Gasteiger partial charge is 0.376 e. The van der Waals surface area contributed by atoms with Crippen molar-refractivity contribution in [1.82, 2.24) is 29.3 Å². The van der Waals surface area contributed by atoms with Crippen molar-refractivity contribution < 1.29 is 14.3 Å². The fourth-order valence-electron chi connectivity index (χ4n) is 4.26. The topological polar surface area (TPSA) is 119 Å². The summed E-state index contributed by atoms with van der Waals surface area (Å²) in [5.41, 5.74) is 4.07. The van der Waals surface area contributed by atoms with Gasteiger partial charge in [-0.05, 0) is 26.8 Å². The average Bonchev–Trinajstić information content (AvgIpc) is 3.49. The molecule has 0 aliphatic carbocycles. The fraction of sp³-hybridized carbons (Fsp3) is 0.375. The van der Waals surface area contributed by atoms with Gasteiger partial charge in [-0.2, -0.15) is 10.2 Å². The highest BCUT2D eigenvalue weighted by Gasteiger charge is 2.21. The minimum atomic E-state index is -0.294. The van der Waals surface area contributed by atoms with E-state index in [4.69, 9.17) is 4.74 Å². The summed E-state index contributed by atoms with van der Waals surface area (Å²) in [4.78, 5) is 33.9. The van der Waals surface area contributed by atoms with Gasteiger partial charge in [0.1, 0.15) is 4.83 Å². The molecule has 1 aliphatic heterocycles. The predicted octanol–water partition coefficient (Wildman–Crippen LogP) is 2.72. The van der Waals surface area contributed by atoms with E-state index >= 15 is 0 Å². The Morgan fingerprint density at radius 1 is 1.19 bits per heavy atom. The summed E-state index contributed by atoms with van der Waals surface area (Å²) in [5, 5.41) is 14.6. The second kappa shape index (κ2) is 9.80. The molecule has 1 fully saturated rings. The summed E-state index contributed by atoms with van der Waals surface area (Å²) < 4.78 is 9.00.